The summed E-state index contributed by atoms with van der Waals surface area (Å²) in [6.07, 6.45) is 1.14. The predicted octanol–water partition coefficient (Wildman–Crippen LogP) is 3.30. The molecular formula is C25H30N2O5S. The van der Waals surface area contributed by atoms with E-state index >= 15 is 0 Å². The fourth-order valence-corrected chi connectivity index (χ4v) is 4.94. The molecule has 1 aliphatic rings. The highest BCUT2D eigenvalue weighted by atomic mass is 32.2. The Labute approximate surface area is 198 Å². The van der Waals surface area contributed by atoms with Gasteiger partial charge in [-0.25, -0.2) is 0 Å². The first-order valence-corrected chi connectivity index (χ1v) is 12.2. The van der Waals surface area contributed by atoms with Crippen molar-refractivity contribution < 1.29 is 24.0 Å². The summed E-state index contributed by atoms with van der Waals surface area (Å²) in [5.41, 5.74) is 2.14. The quantitative estimate of drug-likeness (QED) is 0.563. The summed E-state index contributed by atoms with van der Waals surface area (Å²) in [5, 5.41) is 4.26. The molecule has 1 heterocycles. The highest BCUT2D eigenvalue weighted by Gasteiger charge is 2.36. The average Bonchev–Trinajstić information content (AvgIpc) is 2.96. The SMILES string of the molecule is CCOC(=O)C(CCc1ccccc1)NC1CSC(c2ccccc2)CN(OC(C)=O)C1=O. The van der Waals surface area contributed by atoms with E-state index in [9.17, 15) is 14.4 Å². The van der Waals surface area contributed by atoms with Crippen molar-refractivity contribution in [2.75, 3.05) is 18.9 Å². The highest BCUT2D eigenvalue weighted by molar-refractivity contribution is 7.99. The van der Waals surface area contributed by atoms with Gasteiger partial charge in [0.1, 0.15) is 6.04 Å². The molecule has 1 N–H and O–H groups in total. The topological polar surface area (TPSA) is 84.9 Å². The van der Waals surface area contributed by atoms with Crippen molar-refractivity contribution in [2.45, 2.75) is 44.0 Å². The van der Waals surface area contributed by atoms with Gasteiger partial charge in [0.2, 0.25) is 0 Å². The van der Waals surface area contributed by atoms with Gasteiger partial charge in [-0.1, -0.05) is 60.7 Å². The van der Waals surface area contributed by atoms with Crippen LogP contribution in [0.25, 0.3) is 0 Å². The molecule has 2 aromatic carbocycles. The molecule has 33 heavy (non-hydrogen) atoms. The van der Waals surface area contributed by atoms with Crippen LogP contribution in [0.2, 0.25) is 0 Å². The molecule has 3 atom stereocenters. The van der Waals surface area contributed by atoms with E-state index in [1.165, 1.54) is 6.92 Å². The van der Waals surface area contributed by atoms with Crippen molar-refractivity contribution in [1.29, 1.82) is 0 Å². The summed E-state index contributed by atoms with van der Waals surface area (Å²) in [6.45, 7) is 3.52. The number of amides is 1. The lowest BCUT2D eigenvalue weighted by molar-refractivity contribution is -0.197. The summed E-state index contributed by atoms with van der Waals surface area (Å²) in [4.78, 5) is 42.9. The number of thioether (sulfide) groups is 1. The summed E-state index contributed by atoms with van der Waals surface area (Å²) in [7, 11) is 0. The van der Waals surface area contributed by atoms with Crippen LogP contribution in [0.5, 0.6) is 0 Å². The van der Waals surface area contributed by atoms with Gasteiger partial charge in [0.25, 0.3) is 5.91 Å². The van der Waals surface area contributed by atoms with Gasteiger partial charge >= 0.3 is 11.9 Å². The molecule has 8 heteroatoms. The van der Waals surface area contributed by atoms with Crippen LogP contribution in [-0.4, -0.2) is 53.9 Å². The second-order valence-corrected chi connectivity index (χ2v) is 9.00. The van der Waals surface area contributed by atoms with E-state index in [0.29, 0.717) is 18.6 Å². The van der Waals surface area contributed by atoms with Crippen LogP contribution < -0.4 is 5.32 Å². The molecule has 0 aromatic heterocycles. The standard InChI is InChI=1S/C25H30N2O5S/c1-3-31-25(30)21(15-14-19-10-6-4-7-11-19)26-22-17-33-23(20-12-8-5-9-13-20)16-27(24(22)29)32-18(2)28/h4-13,21-23,26H,3,14-17H2,1-2H3. The van der Waals surface area contributed by atoms with Crippen LogP contribution in [-0.2, 0) is 30.4 Å². The van der Waals surface area contributed by atoms with Gasteiger partial charge in [-0.15, -0.1) is 11.8 Å². The fraction of sp³-hybridized carbons (Fsp3) is 0.400. The first-order chi connectivity index (χ1) is 16.0. The van der Waals surface area contributed by atoms with Crippen LogP contribution in [0, 0.1) is 0 Å². The minimum absolute atomic E-state index is 0.0633. The van der Waals surface area contributed by atoms with Gasteiger partial charge in [0, 0.05) is 12.7 Å². The number of nitrogens with zero attached hydrogens (tertiary/aromatic N) is 1. The Bertz CT molecular complexity index is 925. The van der Waals surface area contributed by atoms with Crippen LogP contribution in [0.15, 0.2) is 60.7 Å². The molecule has 1 saturated heterocycles. The molecule has 0 saturated carbocycles. The van der Waals surface area contributed by atoms with Crippen LogP contribution in [0.1, 0.15) is 36.6 Å². The molecule has 1 fully saturated rings. The molecule has 0 spiro atoms. The number of benzene rings is 2. The Morgan fingerprint density at radius 2 is 1.79 bits per heavy atom. The lowest BCUT2D eigenvalue weighted by Crippen LogP contribution is -2.53. The second-order valence-electron chi connectivity index (χ2n) is 7.76. The van der Waals surface area contributed by atoms with Crippen LogP contribution in [0.3, 0.4) is 0 Å². The van der Waals surface area contributed by atoms with Crippen molar-refractivity contribution in [1.82, 2.24) is 10.4 Å². The van der Waals surface area contributed by atoms with Gasteiger partial charge in [-0.05, 0) is 30.9 Å². The lowest BCUT2D eigenvalue weighted by atomic mass is 10.0. The van der Waals surface area contributed by atoms with E-state index in [1.54, 1.807) is 18.7 Å². The molecule has 7 nitrogen and oxygen atoms in total. The monoisotopic (exact) mass is 470 g/mol. The normalized spacial score (nSPS) is 19.5. The number of rotatable bonds is 9. The van der Waals surface area contributed by atoms with E-state index in [0.717, 1.165) is 16.2 Å². The molecule has 0 radical (unpaired) electrons. The van der Waals surface area contributed by atoms with Crippen LogP contribution in [0.4, 0.5) is 0 Å². The number of esters is 1. The third kappa shape index (κ3) is 7.33. The molecule has 2 aromatic rings. The van der Waals surface area contributed by atoms with Gasteiger partial charge < -0.3 is 9.57 Å². The molecule has 0 aliphatic carbocycles. The zero-order chi connectivity index (χ0) is 23.6. The number of carbonyl (C=O) groups is 3. The van der Waals surface area contributed by atoms with E-state index in [1.807, 2.05) is 60.7 Å². The Kier molecular flexibility index (Phi) is 9.33. The predicted molar refractivity (Wildman–Crippen MR) is 127 cm³/mol. The average molecular weight is 471 g/mol. The summed E-state index contributed by atoms with van der Waals surface area (Å²) < 4.78 is 5.26. The van der Waals surface area contributed by atoms with E-state index in [4.69, 9.17) is 9.57 Å². The van der Waals surface area contributed by atoms with Crippen molar-refractivity contribution >= 4 is 29.6 Å². The second kappa shape index (κ2) is 12.4. The number of aryl methyl sites for hydroxylation is 1. The number of hydroxylamine groups is 2. The molecule has 3 unspecified atom stereocenters. The van der Waals surface area contributed by atoms with Gasteiger partial charge in [-0.2, -0.15) is 5.06 Å². The van der Waals surface area contributed by atoms with Crippen molar-refractivity contribution in [3.8, 4) is 0 Å². The third-order valence-corrected chi connectivity index (χ3v) is 6.64. The maximum absolute atomic E-state index is 13.3. The summed E-state index contributed by atoms with van der Waals surface area (Å²) >= 11 is 1.59. The number of hydrogen-bond donors (Lipinski definition) is 1. The highest BCUT2D eigenvalue weighted by Crippen LogP contribution is 2.33. The van der Waals surface area contributed by atoms with Crippen molar-refractivity contribution in [2.24, 2.45) is 0 Å². The molecule has 0 bridgehead atoms. The Morgan fingerprint density at radius 3 is 2.42 bits per heavy atom. The zero-order valence-electron chi connectivity index (χ0n) is 18.9. The number of carbonyl (C=O) groups excluding carboxylic acids is 3. The Balaban J connectivity index is 1.77. The van der Waals surface area contributed by atoms with E-state index in [-0.39, 0.29) is 24.3 Å². The smallest absolute Gasteiger partial charge is 0.329 e. The maximum Gasteiger partial charge on any atom is 0.329 e. The van der Waals surface area contributed by atoms with Gasteiger partial charge in [0.15, 0.2) is 0 Å². The lowest BCUT2D eigenvalue weighted by Gasteiger charge is -2.26. The summed E-state index contributed by atoms with van der Waals surface area (Å²) in [6, 6.07) is 18.3. The minimum Gasteiger partial charge on any atom is -0.465 e. The van der Waals surface area contributed by atoms with Crippen molar-refractivity contribution in [3.05, 3.63) is 71.8 Å². The molecule has 1 amide bonds. The minimum atomic E-state index is -0.701. The Hall–Kier alpha value is -2.84. The maximum atomic E-state index is 13.3. The van der Waals surface area contributed by atoms with E-state index in [2.05, 4.69) is 5.32 Å². The first kappa shape index (κ1) is 24.8. The van der Waals surface area contributed by atoms with Crippen LogP contribution >= 0.6 is 11.8 Å². The molecule has 3 rings (SSSR count). The van der Waals surface area contributed by atoms with E-state index < -0.39 is 24.0 Å². The Morgan fingerprint density at radius 1 is 1.12 bits per heavy atom. The van der Waals surface area contributed by atoms with Crippen molar-refractivity contribution in [3.63, 3.8) is 0 Å². The first-order valence-electron chi connectivity index (χ1n) is 11.1. The zero-order valence-corrected chi connectivity index (χ0v) is 19.8. The largest absolute Gasteiger partial charge is 0.465 e. The summed E-state index contributed by atoms with van der Waals surface area (Å²) in [5.74, 6) is -0.900. The molecule has 1 aliphatic heterocycles. The van der Waals surface area contributed by atoms with Gasteiger partial charge in [-0.3, -0.25) is 19.7 Å². The number of ether oxygens (including phenoxy) is 1. The third-order valence-electron chi connectivity index (χ3n) is 5.29. The number of hydrogen-bond acceptors (Lipinski definition) is 7. The fourth-order valence-electron chi connectivity index (χ4n) is 3.69. The molecule has 176 valence electrons. The number of nitrogens with one attached hydrogen (secondary N) is 1. The molecular weight excluding hydrogens is 440 g/mol. The van der Waals surface area contributed by atoms with Gasteiger partial charge in [0.05, 0.1) is 24.4 Å².